The van der Waals surface area contributed by atoms with Crippen molar-refractivity contribution in [1.29, 1.82) is 0 Å². The third-order valence-corrected chi connectivity index (χ3v) is 5.24. The van der Waals surface area contributed by atoms with Gasteiger partial charge in [0.15, 0.2) is 0 Å². The zero-order valence-electron chi connectivity index (χ0n) is 17.6. The summed E-state index contributed by atoms with van der Waals surface area (Å²) in [5, 5.41) is 14.0. The van der Waals surface area contributed by atoms with Gasteiger partial charge in [-0.05, 0) is 55.3 Å². The van der Waals surface area contributed by atoms with E-state index in [1.165, 1.54) is 24.3 Å². The van der Waals surface area contributed by atoms with Gasteiger partial charge in [-0.3, -0.25) is 19.7 Å². The lowest BCUT2D eigenvalue weighted by Gasteiger charge is -2.16. The van der Waals surface area contributed by atoms with Gasteiger partial charge in [0.2, 0.25) is 0 Å². The number of nitrogens with one attached hydrogen (secondary N) is 1. The van der Waals surface area contributed by atoms with E-state index in [1.807, 2.05) is 26.0 Å². The van der Waals surface area contributed by atoms with E-state index in [0.717, 1.165) is 23.3 Å². The van der Waals surface area contributed by atoms with Crippen molar-refractivity contribution in [3.8, 4) is 0 Å². The van der Waals surface area contributed by atoms with E-state index in [9.17, 15) is 28.5 Å². The number of nitrogens with zero attached hydrogens (tertiary/aromatic N) is 2. The van der Waals surface area contributed by atoms with Gasteiger partial charge in [0.05, 0.1) is 16.2 Å². The molecule has 33 heavy (non-hydrogen) atoms. The van der Waals surface area contributed by atoms with Crippen molar-refractivity contribution >= 4 is 34.4 Å². The summed E-state index contributed by atoms with van der Waals surface area (Å²) in [6, 6.07) is 13.1. The molecule has 3 aromatic carbocycles. The van der Waals surface area contributed by atoms with Crippen molar-refractivity contribution < 1.29 is 23.3 Å². The molecule has 1 heterocycles. The molecule has 4 rings (SSSR count). The number of carbonyl (C=O) groups is 2. The Morgan fingerprint density at radius 2 is 1.61 bits per heavy atom. The summed E-state index contributed by atoms with van der Waals surface area (Å²) in [7, 11) is 0. The fourth-order valence-corrected chi connectivity index (χ4v) is 3.63. The van der Waals surface area contributed by atoms with Crippen molar-refractivity contribution in [3.63, 3.8) is 0 Å². The topological polar surface area (TPSA) is 92.6 Å². The number of carbonyl (C=O) groups excluding carboxylic acids is 2. The molecule has 0 saturated carbocycles. The highest BCUT2D eigenvalue weighted by molar-refractivity contribution is 6.46. The average Bonchev–Trinajstić information content (AvgIpc) is 3.00. The molecule has 1 N–H and O–H groups in total. The monoisotopic (exact) mass is 449 g/mol. The van der Waals surface area contributed by atoms with Crippen LogP contribution < -0.4 is 10.2 Å². The molecule has 0 radical (unpaired) electrons. The van der Waals surface area contributed by atoms with Gasteiger partial charge in [0, 0.05) is 23.9 Å². The second kappa shape index (κ2) is 8.27. The molecule has 2 amide bonds. The number of halogens is 2. The zero-order chi connectivity index (χ0) is 23.9. The fourth-order valence-electron chi connectivity index (χ4n) is 3.63. The average molecular weight is 449 g/mol. The van der Waals surface area contributed by atoms with Gasteiger partial charge in [-0.15, -0.1) is 0 Å². The van der Waals surface area contributed by atoms with E-state index < -0.39 is 34.1 Å². The molecule has 166 valence electrons. The molecule has 0 spiro atoms. The number of nitro benzene ring substituents is 1. The van der Waals surface area contributed by atoms with Crippen LogP contribution in [0.1, 0.15) is 16.7 Å². The maximum atomic E-state index is 14.5. The summed E-state index contributed by atoms with van der Waals surface area (Å²) in [6.45, 7) is 3.72. The minimum atomic E-state index is -1.08. The number of hydrogen-bond acceptors (Lipinski definition) is 5. The van der Waals surface area contributed by atoms with E-state index in [1.54, 1.807) is 6.07 Å². The third-order valence-electron chi connectivity index (χ3n) is 5.24. The maximum Gasteiger partial charge on any atom is 0.282 e. The van der Waals surface area contributed by atoms with E-state index in [0.29, 0.717) is 16.7 Å². The Bertz CT molecular complexity index is 1350. The summed E-state index contributed by atoms with van der Waals surface area (Å²) in [4.78, 5) is 37.7. The first-order chi connectivity index (χ1) is 15.7. The van der Waals surface area contributed by atoms with Gasteiger partial charge in [-0.25, -0.2) is 13.7 Å². The van der Waals surface area contributed by atoms with Gasteiger partial charge in [0.25, 0.3) is 17.5 Å². The maximum absolute atomic E-state index is 14.5. The minimum absolute atomic E-state index is 0.0846. The lowest BCUT2D eigenvalue weighted by atomic mass is 10.0. The van der Waals surface area contributed by atoms with Crippen LogP contribution in [0.25, 0.3) is 5.57 Å². The third kappa shape index (κ3) is 3.96. The number of imide groups is 1. The second-order valence-electron chi connectivity index (χ2n) is 7.54. The van der Waals surface area contributed by atoms with Crippen molar-refractivity contribution in [2.24, 2.45) is 0 Å². The summed E-state index contributed by atoms with van der Waals surface area (Å²) in [6.07, 6.45) is 0. The number of benzene rings is 3. The summed E-state index contributed by atoms with van der Waals surface area (Å²) >= 11 is 0. The highest BCUT2D eigenvalue weighted by Gasteiger charge is 2.41. The van der Waals surface area contributed by atoms with Gasteiger partial charge in [-0.2, -0.15) is 0 Å². The number of nitro groups is 1. The first-order valence-electron chi connectivity index (χ1n) is 9.84. The molecule has 3 aromatic rings. The second-order valence-corrected chi connectivity index (χ2v) is 7.54. The van der Waals surface area contributed by atoms with Crippen molar-refractivity contribution in [1.82, 2.24) is 0 Å². The first-order valence-corrected chi connectivity index (χ1v) is 9.84. The molecule has 1 aliphatic heterocycles. The minimum Gasteiger partial charge on any atom is -0.350 e. The Labute approximate surface area is 187 Å². The smallest absolute Gasteiger partial charge is 0.282 e. The lowest BCUT2D eigenvalue weighted by Crippen LogP contribution is -2.33. The molecule has 0 aromatic heterocycles. The van der Waals surface area contributed by atoms with Crippen LogP contribution in [0.2, 0.25) is 0 Å². The van der Waals surface area contributed by atoms with E-state index >= 15 is 0 Å². The normalized spacial score (nSPS) is 13.6. The number of non-ortho nitro benzene ring substituents is 1. The molecular weight excluding hydrogens is 432 g/mol. The molecular formula is C24H17F2N3O4. The Morgan fingerprint density at radius 1 is 0.909 bits per heavy atom. The molecule has 0 aliphatic carbocycles. The Kier molecular flexibility index (Phi) is 5.47. The number of rotatable bonds is 5. The SMILES string of the molecule is Cc1ccc(NC2=C(c3ccc([N+](=O)[O-])cc3)C(=O)N(c3ccc(F)cc3F)C2=O)c(C)c1. The van der Waals surface area contributed by atoms with Crippen LogP contribution in [0.5, 0.6) is 0 Å². The lowest BCUT2D eigenvalue weighted by molar-refractivity contribution is -0.384. The number of hydrogen-bond donors (Lipinski definition) is 1. The van der Waals surface area contributed by atoms with Gasteiger partial charge >= 0.3 is 0 Å². The molecule has 0 atom stereocenters. The van der Waals surface area contributed by atoms with Gasteiger partial charge in [-0.1, -0.05) is 17.7 Å². The standard InChI is InChI=1S/C24H17F2N3O4/c1-13-3-9-19(14(2)11-13)27-22-21(15-4-7-17(8-5-15)29(32)33)23(30)28(24(22)31)20-10-6-16(25)12-18(20)26/h3-12,27H,1-2H3. The zero-order valence-corrected chi connectivity index (χ0v) is 17.6. The largest absolute Gasteiger partial charge is 0.350 e. The van der Waals surface area contributed by atoms with E-state index in [2.05, 4.69) is 5.32 Å². The first kappa shape index (κ1) is 21.8. The predicted octanol–water partition coefficient (Wildman–Crippen LogP) is 4.89. The predicted molar refractivity (Wildman–Crippen MR) is 118 cm³/mol. The Hall–Kier alpha value is -4.40. The van der Waals surface area contributed by atoms with Crippen molar-refractivity contribution in [2.75, 3.05) is 10.2 Å². The number of anilines is 2. The fraction of sp³-hybridized carbons (Fsp3) is 0.0833. The van der Waals surface area contributed by atoms with Gasteiger partial charge < -0.3 is 5.32 Å². The highest BCUT2D eigenvalue weighted by Crippen LogP contribution is 2.36. The van der Waals surface area contributed by atoms with Crippen LogP contribution >= 0.6 is 0 Å². The number of aryl methyl sites for hydroxylation is 2. The van der Waals surface area contributed by atoms with Gasteiger partial charge in [0.1, 0.15) is 17.3 Å². The quantitative estimate of drug-likeness (QED) is 0.340. The molecule has 0 unspecified atom stereocenters. The molecule has 1 aliphatic rings. The summed E-state index contributed by atoms with van der Waals surface area (Å²) < 4.78 is 27.9. The Balaban J connectivity index is 1.85. The van der Waals surface area contributed by atoms with Crippen LogP contribution in [0, 0.1) is 35.6 Å². The van der Waals surface area contributed by atoms with E-state index in [-0.39, 0.29) is 22.5 Å². The van der Waals surface area contributed by atoms with Crippen LogP contribution in [-0.4, -0.2) is 16.7 Å². The molecule has 7 nitrogen and oxygen atoms in total. The van der Waals surface area contributed by atoms with Crippen LogP contribution in [-0.2, 0) is 9.59 Å². The molecule has 0 bridgehead atoms. The molecule has 9 heteroatoms. The van der Waals surface area contributed by atoms with Crippen molar-refractivity contribution in [2.45, 2.75) is 13.8 Å². The summed E-state index contributed by atoms with van der Waals surface area (Å²) in [5.41, 5.74) is 1.78. The summed E-state index contributed by atoms with van der Waals surface area (Å²) in [5.74, 6) is -3.61. The van der Waals surface area contributed by atoms with Crippen LogP contribution in [0.4, 0.5) is 25.8 Å². The van der Waals surface area contributed by atoms with Crippen LogP contribution in [0.15, 0.2) is 66.4 Å². The number of amides is 2. The highest BCUT2D eigenvalue weighted by atomic mass is 19.1. The van der Waals surface area contributed by atoms with Crippen LogP contribution in [0.3, 0.4) is 0 Å². The molecule has 0 saturated heterocycles. The Morgan fingerprint density at radius 3 is 2.21 bits per heavy atom. The molecule has 0 fully saturated rings. The van der Waals surface area contributed by atoms with Crippen molar-refractivity contribution in [3.05, 3.63) is 105 Å². The van der Waals surface area contributed by atoms with E-state index in [4.69, 9.17) is 0 Å².